The van der Waals surface area contributed by atoms with Crippen molar-refractivity contribution in [3.05, 3.63) is 27.4 Å². The summed E-state index contributed by atoms with van der Waals surface area (Å²) >= 11 is 0. The Morgan fingerprint density at radius 2 is 2.05 bits per heavy atom. The van der Waals surface area contributed by atoms with Gasteiger partial charge >= 0.3 is 0 Å². The minimum Gasteiger partial charge on any atom is -0.312 e. The Labute approximate surface area is 114 Å². The molecule has 0 saturated heterocycles. The fourth-order valence-corrected chi connectivity index (χ4v) is 3.41. The van der Waals surface area contributed by atoms with Gasteiger partial charge in [-0.15, -0.1) is 0 Å². The smallest absolute Gasteiger partial charge is 0.255 e. The van der Waals surface area contributed by atoms with E-state index in [1.54, 1.807) is 0 Å². The summed E-state index contributed by atoms with van der Waals surface area (Å²) in [5.74, 6) is 2.29. The molecule has 4 heteroatoms. The molecule has 1 aromatic rings. The van der Waals surface area contributed by atoms with Crippen LogP contribution in [0.2, 0.25) is 0 Å². The molecule has 1 aromatic heterocycles. The second-order valence-electron chi connectivity index (χ2n) is 5.93. The summed E-state index contributed by atoms with van der Waals surface area (Å²) < 4.78 is 0. The Balaban J connectivity index is 1.82. The molecule has 3 rings (SSSR count). The molecule has 19 heavy (non-hydrogen) atoms. The average molecular weight is 261 g/mol. The van der Waals surface area contributed by atoms with Crippen molar-refractivity contribution >= 4 is 0 Å². The van der Waals surface area contributed by atoms with E-state index in [4.69, 9.17) is 4.98 Å². The van der Waals surface area contributed by atoms with Gasteiger partial charge in [0.05, 0.1) is 11.3 Å². The molecule has 0 atom stereocenters. The number of H-pyrrole nitrogens is 1. The topological polar surface area (TPSA) is 57.8 Å². The number of nitrogens with zero attached hydrogens (tertiary/aromatic N) is 1. The summed E-state index contributed by atoms with van der Waals surface area (Å²) in [4.78, 5) is 19.9. The second kappa shape index (κ2) is 5.45. The van der Waals surface area contributed by atoms with Gasteiger partial charge in [0, 0.05) is 25.4 Å². The normalized spacial score (nSPS) is 27.0. The Morgan fingerprint density at radius 1 is 1.26 bits per heavy atom. The van der Waals surface area contributed by atoms with E-state index in [0.29, 0.717) is 12.5 Å². The number of fused-ring (bicyclic) bond motifs is 1. The summed E-state index contributed by atoms with van der Waals surface area (Å²) in [6.45, 7) is 3.88. The van der Waals surface area contributed by atoms with Gasteiger partial charge in [0.2, 0.25) is 0 Å². The van der Waals surface area contributed by atoms with E-state index in [1.165, 1.54) is 32.1 Å². The third-order valence-electron chi connectivity index (χ3n) is 4.77. The Bertz CT molecular complexity index is 501. The van der Waals surface area contributed by atoms with Crippen LogP contribution in [0.1, 0.15) is 62.0 Å². The SMILES string of the molecule is CCC1CCC(c2nc3c(c(=O)[nH]2)CNCC3)CC1. The van der Waals surface area contributed by atoms with E-state index < -0.39 is 0 Å². The van der Waals surface area contributed by atoms with Crippen LogP contribution in [0.25, 0.3) is 0 Å². The Kier molecular flexibility index (Phi) is 3.69. The van der Waals surface area contributed by atoms with Gasteiger partial charge in [0.1, 0.15) is 5.82 Å². The molecule has 2 aliphatic rings. The number of aromatic amines is 1. The van der Waals surface area contributed by atoms with Crippen molar-refractivity contribution in [3.63, 3.8) is 0 Å². The van der Waals surface area contributed by atoms with Gasteiger partial charge in [0.15, 0.2) is 0 Å². The Hall–Kier alpha value is -1.16. The first kappa shape index (κ1) is 12.9. The lowest BCUT2D eigenvalue weighted by Gasteiger charge is -2.27. The standard InChI is InChI=1S/C15H23N3O/c1-2-10-3-5-11(6-4-10)14-17-13-7-8-16-9-12(13)15(19)18-14/h10-11,16H,2-9H2,1H3,(H,17,18,19). The summed E-state index contributed by atoms with van der Waals surface area (Å²) in [5.41, 5.74) is 1.94. The number of rotatable bonds is 2. The van der Waals surface area contributed by atoms with E-state index in [1.807, 2.05) is 0 Å². The molecule has 0 bridgehead atoms. The molecule has 0 aromatic carbocycles. The van der Waals surface area contributed by atoms with Gasteiger partial charge in [-0.2, -0.15) is 0 Å². The fraction of sp³-hybridized carbons (Fsp3) is 0.733. The van der Waals surface area contributed by atoms with Gasteiger partial charge in [-0.05, 0) is 31.6 Å². The molecule has 4 nitrogen and oxygen atoms in total. The quantitative estimate of drug-likeness (QED) is 0.857. The van der Waals surface area contributed by atoms with E-state index in [2.05, 4.69) is 17.2 Å². The summed E-state index contributed by atoms with van der Waals surface area (Å²) in [6.07, 6.45) is 7.09. The van der Waals surface area contributed by atoms with Crippen molar-refractivity contribution in [1.82, 2.24) is 15.3 Å². The molecule has 0 amide bonds. The summed E-state index contributed by atoms with van der Waals surface area (Å²) in [6, 6.07) is 0. The van der Waals surface area contributed by atoms with Gasteiger partial charge < -0.3 is 10.3 Å². The first-order chi connectivity index (χ1) is 9.28. The van der Waals surface area contributed by atoms with Crippen LogP contribution in [-0.2, 0) is 13.0 Å². The van der Waals surface area contributed by atoms with Crippen LogP contribution in [0.5, 0.6) is 0 Å². The fourth-order valence-electron chi connectivity index (χ4n) is 3.41. The third-order valence-corrected chi connectivity index (χ3v) is 4.77. The Morgan fingerprint density at radius 3 is 2.79 bits per heavy atom. The number of aromatic nitrogens is 2. The molecule has 2 heterocycles. The molecule has 0 spiro atoms. The van der Waals surface area contributed by atoms with E-state index in [9.17, 15) is 4.79 Å². The molecule has 2 N–H and O–H groups in total. The van der Waals surface area contributed by atoms with Crippen LogP contribution >= 0.6 is 0 Å². The van der Waals surface area contributed by atoms with Crippen molar-refractivity contribution < 1.29 is 0 Å². The second-order valence-corrected chi connectivity index (χ2v) is 5.93. The van der Waals surface area contributed by atoms with Crippen molar-refractivity contribution in [2.75, 3.05) is 6.54 Å². The van der Waals surface area contributed by atoms with Crippen molar-refractivity contribution in [3.8, 4) is 0 Å². The number of nitrogens with one attached hydrogen (secondary N) is 2. The maximum absolute atomic E-state index is 12.1. The van der Waals surface area contributed by atoms with Crippen LogP contribution in [-0.4, -0.2) is 16.5 Å². The minimum absolute atomic E-state index is 0.0739. The van der Waals surface area contributed by atoms with Crippen LogP contribution in [0, 0.1) is 5.92 Å². The zero-order chi connectivity index (χ0) is 13.2. The van der Waals surface area contributed by atoms with Gasteiger partial charge in [-0.25, -0.2) is 4.98 Å². The highest BCUT2D eigenvalue weighted by molar-refractivity contribution is 5.21. The van der Waals surface area contributed by atoms with Gasteiger partial charge in [-0.3, -0.25) is 4.79 Å². The lowest BCUT2D eigenvalue weighted by molar-refractivity contribution is 0.311. The predicted octanol–water partition coefficient (Wildman–Crippen LogP) is 2.10. The van der Waals surface area contributed by atoms with Crippen LogP contribution in [0.3, 0.4) is 0 Å². The molecule has 1 saturated carbocycles. The highest BCUT2D eigenvalue weighted by Crippen LogP contribution is 2.35. The molecule has 1 aliphatic carbocycles. The average Bonchev–Trinajstić information content (AvgIpc) is 2.47. The summed E-state index contributed by atoms with van der Waals surface area (Å²) in [5, 5.41) is 3.23. The molecule has 1 fully saturated rings. The van der Waals surface area contributed by atoms with E-state index in [-0.39, 0.29) is 5.56 Å². The van der Waals surface area contributed by atoms with Crippen LogP contribution in [0.4, 0.5) is 0 Å². The molecule has 104 valence electrons. The van der Waals surface area contributed by atoms with Gasteiger partial charge in [-0.1, -0.05) is 13.3 Å². The number of hydrogen-bond donors (Lipinski definition) is 2. The molecule has 1 aliphatic heterocycles. The minimum atomic E-state index is 0.0739. The molecular formula is C15H23N3O. The van der Waals surface area contributed by atoms with Crippen molar-refractivity contribution in [2.45, 2.75) is 57.9 Å². The lowest BCUT2D eigenvalue weighted by Crippen LogP contribution is -2.33. The van der Waals surface area contributed by atoms with E-state index in [0.717, 1.165) is 36.0 Å². The molecule has 0 unspecified atom stereocenters. The molecule has 0 radical (unpaired) electrons. The first-order valence-electron chi connectivity index (χ1n) is 7.60. The highest BCUT2D eigenvalue weighted by atomic mass is 16.1. The zero-order valence-corrected chi connectivity index (χ0v) is 11.7. The first-order valence-corrected chi connectivity index (χ1v) is 7.60. The van der Waals surface area contributed by atoms with Crippen LogP contribution < -0.4 is 10.9 Å². The van der Waals surface area contributed by atoms with Crippen molar-refractivity contribution in [2.24, 2.45) is 5.92 Å². The monoisotopic (exact) mass is 261 g/mol. The van der Waals surface area contributed by atoms with Gasteiger partial charge in [0.25, 0.3) is 5.56 Å². The zero-order valence-electron chi connectivity index (χ0n) is 11.7. The summed E-state index contributed by atoms with van der Waals surface area (Å²) in [7, 11) is 0. The predicted molar refractivity (Wildman–Crippen MR) is 75.3 cm³/mol. The third kappa shape index (κ3) is 2.59. The maximum atomic E-state index is 12.1. The molecular weight excluding hydrogens is 238 g/mol. The maximum Gasteiger partial charge on any atom is 0.255 e. The largest absolute Gasteiger partial charge is 0.312 e. The lowest BCUT2D eigenvalue weighted by atomic mass is 9.80. The van der Waals surface area contributed by atoms with Crippen molar-refractivity contribution in [1.29, 1.82) is 0 Å². The van der Waals surface area contributed by atoms with Crippen LogP contribution in [0.15, 0.2) is 4.79 Å². The number of hydrogen-bond acceptors (Lipinski definition) is 3. The highest BCUT2D eigenvalue weighted by Gasteiger charge is 2.24. The van der Waals surface area contributed by atoms with E-state index >= 15 is 0 Å².